The molecule has 1 fully saturated rings. The van der Waals surface area contributed by atoms with Gasteiger partial charge in [-0.15, -0.1) is 11.8 Å². The van der Waals surface area contributed by atoms with Crippen LogP contribution < -0.4 is 5.32 Å². The zero-order chi connectivity index (χ0) is 25.8. The molecule has 2 aliphatic rings. The zero-order valence-electron chi connectivity index (χ0n) is 19.9. The molecule has 0 bridgehead atoms. The Bertz CT molecular complexity index is 1260. The molecule has 3 aromatic rings. The maximum absolute atomic E-state index is 13.6. The average molecular weight is 515 g/mol. The Morgan fingerprint density at radius 2 is 1.49 bits per heavy atom. The minimum absolute atomic E-state index is 0.154. The number of nitrogens with one attached hydrogen (secondary N) is 1. The first-order valence-electron chi connectivity index (χ1n) is 12.0. The number of β-lactam (4-membered cyclic amide) rings is 1. The van der Waals surface area contributed by atoms with Gasteiger partial charge in [-0.25, -0.2) is 4.79 Å². The van der Waals surface area contributed by atoms with Gasteiger partial charge in [0.05, 0.1) is 13.0 Å². The maximum atomic E-state index is 13.6. The quantitative estimate of drug-likeness (QED) is 0.354. The molecular formula is C29H26N2O5S. The number of hydrogen-bond acceptors (Lipinski definition) is 6. The van der Waals surface area contributed by atoms with Crippen molar-refractivity contribution in [2.75, 3.05) is 6.61 Å². The third-order valence-corrected chi connectivity index (χ3v) is 7.65. The third-order valence-electron chi connectivity index (χ3n) is 6.44. The normalized spacial score (nSPS) is 20.5. The highest BCUT2D eigenvalue weighted by Gasteiger charge is 2.56. The van der Waals surface area contributed by atoms with E-state index < -0.39 is 36.1 Å². The van der Waals surface area contributed by atoms with Crippen LogP contribution >= 0.6 is 11.8 Å². The van der Waals surface area contributed by atoms with E-state index in [-0.39, 0.29) is 18.2 Å². The summed E-state index contributed by atoms with van der Waals surface area (Å²) in [6, 6.07) is 26.2. The summed E-state index contributed by atoms with van der Waals surface area (Å²) in [5.74, 6) is -1.28. The molecule has 1 saturated heterocycles. The molecule has 2 aliphatic heterocycles. The monoisotopic (exact) mass is 514 g/mol. The number of esters is 1. The van der Waals surface area contributed by atoms with E-state index in [2.05, 4.69) is 5.32 Å². The zero-order valence-corrected chi connectivity index (χ0v) is 20.7. The second-order valence-electron chi connectivity index (χ2n) is 8.87. The minimum Gasteiger partial charge on any atom is -0.451 e. The van der Waals surface area contributed by atoms with Crippen LogP contribution in [0.4, 0.5) is 0 Å². The van der Waals surface area contributed by atoms with Gasteiger partial charge >= 0.3 is 5.97 Å². The SMILES string of the molecule is O=C(Cc1ccccc1)N[C@@H]1C(=O)N2[C@@H](C(=O)OC(c3ccccc3)c3ccccc3)C(CO)=CS[C@H]12. The Balaban J connectivity index is 1.34. The van der Waals surface area contributed by atoms with E-state index in [1.165, 1.54) is 16.7 Å². The summed E-state index contributed by atoms with van der Waals surface area (Å²) in [4.78, 5) is 40.7. The number of rotatable bonds is 8. The molecule has 3 atom stereocenters. The molecule has 2 heterocycles. The number of nitrogens with zero attached hydrogens (tertiary/aromatic N) is 1. The highest BCUT2D eigenvalue weighted by molar-refractivity contribution is 8.02. The molecule has 7 nitrogen and oxygen atoms in total. The van der Waals surface area contributed by atoms with Crippen LogP contribution in [0.25, 0.3) is 0 Å². The van der Waals surface area contributed by atoms with Gasteiger partial charge in [0, 0.05) is 0 Å². The maximum Gasteiger partial charge on any atom is 0.334 e. The van der Waals surface area contributed by atoms with Gasteiger partial charge in [0.15, 0.2) is 12.1 Å². The number of amides is 2. The molecule has 0 aliphatic carbocycles. The first kappa shape index (κ1) is 24.8. The summed E-state index contributed by atoms with van der Waals surface area (Å²) in [5.41, 5.74) is 2.81. The van der Waals surface area contributed by atoms with E-state index in [9.17, 15) is 19.5 Å². The predicted octanol–water partition coefficient (Wildman–Crippen LogP) is 3.21. The molecule has 2 N–H and O–H groups in total. The summed E-state index contributed by atoms with van der Waals surface area (Å²) in [6.45, 7) is -0.393. The molecule has 188 valence electrons. The molecule has 5 rings (SSSR count). The van der Waals surface area contributed by atoms with Crippen LogP contribution in [0.3, 0.4) is 0 Å². The average Bonchev–Trinajstić information content (AvgIpc) is 2.95. The van der Waals surface area contributed by atoms with E-state index in [1.54, 1.807) is 5.41 Å². The van der Waals surface area contributed by atoms with Crippen molar-refractivity contribution in [3.05, 3.63) is 119 Å². The van der Waals surface area contributed by atoms with Crippen LogP contribution in [0, 0.1) is 0 Å². The fourth-order valence-electron chi connectivity index (χ4n) is 4.60. The smallest absolute Gasteiger partial charge is 0.334 e. The second-order valence-corrected chi connectivity index (χ2v) is 9.86. The van der Waals surface area contributed by atoms with E-state index in [0.29, 0.717) is 5.57 Å². The van der Waals surface area contributed by atoms with E-state index >= 15 is 0 Å². The van der Waals surface area contributed by atoms with Crippen molar-refractivity contribution in [3.63, 3.8) is 0 Å². The van der Waals surface area contributed by atoms with Crippen molar-refractivity contribution in [1.82, 2.24) is 10.2 Å². The summed E-state index contributed by atoms with van der Waals surface area (Å²) in [6.07, 6.45) is -0.526. The fraction of sp³-hybridized carbons (Fsp3) is 0.207. The largest absolute Gasteiger partial charge is 0.451 e. The number of aliphatic hydroxyl groups is 1. The van der Waals surface area contributed by atoms with Gasteiger partial charge in [0.2, 0.25) is 11.8 Å². The number of ether oxygens (including phenoxy) is 1. The van der Waals surface area contributed by atoms with Crippen LogP contribution in [0.5, 0.6) is 0 Å². The van der Waals surface area contributed by atoms with Crippen molar-refractivity contribution < 1.29 is 24.2 Å². The summed E-state index contributed by atoms with van der Waals surface area (Å²) in [7, 11) is 0. The number of benzene rings is 3. The second kappa shape index (κ2) is 11.0. The van der Waals surface area contributed by atoms with Gasteiger partial charge in [-0.1, -0.05) is 91.0 Å². The van der Waals surface area contributed by atoms with Gasteiger partial charge in [0.1, 0.15) is 11.4 Å². The Labute approximate surface area is 219 Å². The molecule has 8 heteroatoms. The first-order valence-corrected chi connectivity index (χ1v) is 12.9. The third kappa shape index (κ3) is 5.16. The Morgan fingerprint density at radius 3 is 2.05 bits per heavy atom. The molecule has 0 spiro atoms. The van der Waals surface area contributed by atoms with Crippen molar-refractivity contribution in [2.45, 2.75) is 30.0 Å². The molecule has 0 saturated carbocycles. The van der Waals surface area contributed by atoms with Crippen molar-refractivity contribution >= 4 is 29.5 Å². The lowest BCUT2D eigenvalue weighted by Gasteiger charge is -2.51. The van der Waals surface area contributed by atoms with Gasteiger partial charge < -0.3 is 20.1 Å². The highest BCUT2D eigenvalue weighted by Crippen LogP contribution is 2.41. The van der Waals surface area contributed by atoms with E-state index in [0.717, 1.165) is 16.7 Å². The number of carbonyl (C=O) groups is 3. The van der Waals surface area contributed by atoms with Crippen molar-refractivity contribution in [2.24, 2.45) is 0 Å². The van der Waals surface area contributed by atoms with Gasteiger partial charge in [-0.2, -0.15) is 0 Å². The number of thioether (sulfide) groups is 1. The van der Waals surface area contributed by atoms with Gasteiger partial charge in [-0.3, -0.25) is 9.59 Å². The summed E-state index contributed by atoms with van der Waals surface area (Å²) in [5, 5.41) is 14.0. The topological polar surface area (TPSA) is 95.9 Å². The molecule has 37 heavy (non-hydrogen) atoms. The molecule has 0 unspecified atom stereocenters. The molecule has 2 amide bonds. The predicted molar refractivity (Wildman–Crippen MR) is 140 cm³/mol. The van der Waals surface area contributed by atoms with E-state index in [4.69, 9.17) is 4.74 Å². The lowest BCUT2D eigenvalue weighted by molar-refractivity contribution is -0.165. The summed E-state index contributed by atoms with van der Waals surface area (Å²) >= 11 is 1.30. The van der Waals surface area contributed by atoms with Crippen LogP contribution in [0.2, 0.25) is 0 Å². The van der Waals surface area contributed by atoms with Crippen LogP contribution in [0.1, 0.15) is 22.8 Å². The number of aliphatic hydroxyl groups excluding tert-OH is 1. The fourth-order valence-corrected chi connectivity index (χ4v) is 5.81. The lowest BCUT2D eigenvalue weighted by atomic mass is 9.97. The Hall–Kier alpha value is -3.88. The van der Waals surface area contributed by atoms with Crippen molar-refractivity contribution in [1.29, 1.82) is 0 Å². The van der Waals surface area contributed by atoms with Gasteiger partial charge in [-0.05, 0) is 27.7 Å². The van der Waals surface area contributed by atoms with Gasteiger partial charge in [0.25, 0.3) is 0 Å². The Kier molecular flexibility index (Phi) is 7.39. The molecular weight excluding hydrogens is 488 g/mol. The van der Waals surface area contributed by atoms with Crippen LogP contribution in [-0.2, 0) is 25.5 Å². The number of fused-ring (bicyclic) bond motifs is 1. The lowest BCUT2D eigenvalue weighted by Crippen LogP contribution is -2.74. The molecule has 0 radical (unpaired) electrons. The minimum atomic E-state index is -1.07. The van der Waals surface area contributed by atoms with Crippen LogP contribution in [0.15, 0.2) is 102 Å². The van der Waals surface area contributed by atoms with E-state index in [1.807, 2.05) is 91.0 Å². The highest BCUT2D eigenvalue weighted by atomic mass is 32.2. The number of hydrogen-bond donors (Lipinski definition) is 2. The standard InChI is InChI=1S/C29H26N2O5S/c32-17-22-18-37-28-24(30-23(33)16-19-10-4-1-5-11-19)27(34)31(28)25(22)29(35)36-26(20-12-6-2-7-13-20)21-14-8-3-9-15-21/h1-15,18,24-26,28,32H,16-17H2,(H,30,33)/t24-,25-,28-/m1/s1. The Morgan fingerprint density at radius 1 is 0.919 bits per heavy atom. The summed E-state index contributed by atoms with van der Waals surface area (Å²) < 4.78 is 6.01. The molecule has 0 aromatic heterocycles. The first-order chi connectivity index (χ1) is 18.1. The molecule has 3 aromatic carbocycles. The number of carbonyl (C=O) groups excluding carboxylic acids is 3. The van der Waals surface area contributed by atoms with Crippen molar-refractivity contribution in [3.8, 4) is 0 Å². The van der Waals surface area contributed by atoms with Crippen LogP contribution in [-0.4, -0.2) is 51.9 Å².